The van der Waals surface area contributed by atoms with Gasteiger partial charge in [-0.2, -0.15) is 0 Å². The fourth-order valence-corrected chi connectivity index (χ4v) is 1.82. The summed E-state index contributed by atoms with van der Waals surface area (Å²) in [7, 11) is 0. The maximum atomic E-state index is 5.72. The first-order chi connectivity index (χ1) is 8.11. The van der Waals surface area contributed by atoms with E-state index in [0.29, 0.717) is 6.04 Å². The van der Waals surface area contributed by atoms with Crippen LogP contribution in [0.4, 0.5) is 0 Å². The van der Waals surface area contributed by atoms with Crippen LogP contribution in [0.25, 0.3) is 0 Å². The van der Waals surface area contributed by atoms with E-state index < -0.39 is 0 Å². The third-order valence-corrected chi connectivity index (χ3v) is 2.91. The van der Waals surface area contributed by atoms with Crippen molar-refractivity contribution in [2.75, 3.05) is 13.2 Å². The van der Waals surface area contributed by atoms with E-state index in [9.17, 15) is 0 Å². The number of hydrogen-bond donors (Lipinski definition) is 1. The van der Waals surface area contributed by atoms with E-state index in [-0.39, 0.29) is 0 Å². The Morgan fingerprint density at radius 1 is 1.18 bits per heavy atom. The molecule has 1 aromatic carbocycles. The Kier molecular flexibility index (Phi) is 6.23. The van der Waals surface area contributed by atoms with E-state index in [2.05, 4.69) is 51.2 Å². The van der Waals surface area contributed by atoms with Gasteiger partial charge in [-0.25, -0.2) is 0 Å². The molecule has 0 aromatic heterocycles. The Bertz CT molecular complexity index is 313. The zero-order chi connectivity index (χ0) is 12.7. The summed E-state index contributed by atoms with van der Waals surface area (Å²) in [6.07, 6.45) is 1.07. The van der Waals surface area contributed by atoms with Crippen molar-refractivity contribution < 1.29 is 4.74 Å². The van der Waals surface area contributed by atoms with Gasteiger partial charge in [0, 0.05) is 12.6 Å². The lowest BCUT2D eigenvalue weighted by Gasteiger charge is -2.11. The minimum atomic E-state index is 0.564. The average Bonchev–Trinajstić information content (AvgIpc) is 2.26. The smallest absolute Gasteiger partial charge is 0.0721 e. The summed E-state index contributed by atoms with van der Waals surface area (Å²) < 4.78 is 5.72. The molecule has 0 fully saturated rings. The van der Waals surface area contributed by atoms with Crippen LogP contribution in [0.3, 0.4) is 0 Å². The molecule has 2 heteroatoms. The van der Waals surface area contributed by atoms with Gasteiger partial charge in [0.05, 0.1) is 6.61 Å². The third kappa shape index (κ3) is 5.33. The lowest BCUT2D eigenvalue weighted by atomic mass is 10.0. The van der Waals surface area contributed by atoms with Crippen molar-refractivity contribution in [1.82, 2.24) is 5.32 Å². The summed E-state index contributed by atoms with van der Waals surface area (Å²) in [4.78, 5) is 0. The van der Waals surface area contributed by atoms with Crippen molar-refractivity contribution in [3.8, 4) is 0 Å². The molecule has 0 amide bonds. The van der Waals surface area contributed by atoms with Gasteiger partial charge in [0.1, 0.15) is 0 Å². The Morgan fingerprint density at radius 3 is 2.41 bits per heavy atom. The summed E-state index contributed by atoms with van der Waals surface area (Å²) >= 11 is 0. The van der Waals surface area contributed by atoms with Crippen LogP contribution in [0.2, 0.25) is 0 Å². The standard InChI is InChI=1S/C15H25NO/c1-12(2)16-9-6-10-17-11-15-13(3)7-5-8-14(15)4/h5,7-8,12,16H,6,9-11H2,1-4H3. The SMILES string of the molecule is Cc1cccc(C)c1COCCCNC(C)C. The van der Waals surface area contributed by atoms with Crippen LogP contribution in [-0.2, 0) is 11.3 Å². The zero-order valence-electron chi connectivity index (χ0n) is 11.5. The number of nitrogens with one attached hydrogen (secondary N) is 1. The van der Waals surface area contributed by atoms with E-state index in [0.717, 1.165) is 26.2 Å². The first-order valence-corrected chi connectivity index (χ1v) is 6.47. The van der Waals surface area contributed by atoms with Crippen LogP contribution in [0, 0.1) is 13.8 Å². The molecule has 0 aliphatic carbocycles. The van der Waals surface area contributed by atoms with E-state index in [1.807, 2.05) is 0 Å². The molecular formula is C15H25NO. The highest BCUT2D eigenvalue weighted by molar-refractivity contribution is 5.32. The Balaban J connectivity index is 2.22. The molecule has 0 radical (unpaired) electrons. The molecule has 17 heavy (non-hydrogen) atoms. The molecule has 0 bridgehead atoms. The Morgan fingerprint density at radius 2 is 1.82 bits per heavy atom. The summed E-state index contributed by atoms with van der Waals surface area (Å²) in [5.41, 5.74) is 3.99. The minimum absolute atomic E-state index is 0.564. The maximum Gasteiger partial charge on any atom is 0.0721 e. The second kappa shape index (κ2) is 7.46. The van der Waals surface area contributed by atoms with Crippen LogP contribution >= 0.6 is 0 Å². The molecule has 0 spiro atoms. The Labute approximate surface area is 105 Å². The fourth-order valence-electron chi connectivity index (χ4n) is 1.82. The molecule has 0 aliphatic heterocycles. The molecule has 2 nitrogen and oxygen atoms in total. The number of benzene rings is 1. The van der Waals surface area contributed by atoms with Crippen molar-refractivity contribution >= 4 is 0 Å². The van der Waals surface area contributed by atoms with Crippen LogP contribution < -0.4 is 5.32 Å². The molecule has 0 atom stereocenters. The maximum absolute atomic E-state index is 5.72. The highest BCUT2D eigenvalue weighted by Crippen LogP contribution is 2.14. The molecule has 0 aliphatic rings. The molecule has 1 rings (SSSR count). The van der Waals surface area contributed by atoms with Crippen LogP contribution in [-0.4, -0.2) is 19.2 Å². The van der Waals surface area contributed by atoms with Gasteiger partial charge in [0.15, 0.2) is 0 Å². The highest BCUT2D eigenvalue weighted by atomic mass is 16.5. The summed E-state index contributed by atoms with van der Waals surface area (Å²) in [6, 6.07) is 6.95. The highest BCUT2D eigenvalue weighted by Gasteiger charge is 2.01. The number of hydrogen-bond acceptors (Lipinski definition) is 2. The monoisotopic (exact) mass is 235 g/mol. The lowest BCUT2D eigenvalue weighted by Crippen LogP contribution is -2.24. The predicted molar refractivity (Wildman–Crippen MR) is 73.3 cm³/mol. The summed E-state index contributed by atoms with van der Waals surface area (Å²) in [5, 5.41) is 3.39. The van der Waals surface area contributed by atoms with Crippen molar-refractivity contribution in [2.45, 2.75) is 46.8 Å². The lowest BCUT2D eigenvalue weighted by molar-refractivity contribution is 0.117. The van der Waals surface area contributed by atoms with Crippen molar-refractivity contribution in [3.05, 3.63) is 34.9 Å². The zero-order valence-corrected chi connectivity index (χ0v) is 11.5. The largest absolute Gasteiger partial charge is 0.377 e. The molecular weight excluding hydrogens is 210 g/mol. The van der Waals surface area contributed by atoms with Crippen molar-refractivity contribution in [1.29, 1.82) is 0 Å². The second-order valence-corrected chi connectivity index (χ2v) is 4.89. The molecule has 1 N–H and O–H groups in total. The van der Waals surface area contributed by atoms with Gasteiger partial charge in [0.2, 0.25) is 0 Å². The van der Waals surface area contributed by atoms with Gasteiger partial charge in [0.25, 0.3) is 0 Å². The van der Waals surface area contributed by atoms with E-state index >= 15 is 0 Å². The summed E-state index contributed by atoms with van der Waals surface area (Å²) in [6.45, 7) is 11.2. The van der Waals surface area contributed by atoms with E-state index in [1.165, 1.54) is 16.7 Å². The molecule has 1 aromatic rings. The predicted octanol–water partition coefficient (Wildman–Crippen LogP) is 3.21. The van der Waals surface area contributed by atoms with E-state index in [4.69, 9.17) is 4.74 Å². The minimum Gasteiger partial charge on any atom is -0.377 e. The first kappa shape index (κ1) is 14.2. The quantitative estimate of drug-likeness (QED) is 0.733. The normalized spacial score (nSPS) is 11.1. The third-order valence-electron chi connectivity index (χ3n) is 2.91. The molecule has 0 heterocycles. The van der Waals surface area contributed by atoms with Gasteiger partial charge >= 0.3 is 0 Å². The van der Waals surface area contributed by atoms with Gasteiger partial charge < -0.3 is 10.1 Å². The van der Waals surface area contributed by atoms with Crippen molar-refractivity contribution in [3.63, 3.8) is 0 Å². The van der Waals surface area contributed by atoms with Gasteiger partial charge in [-0.1, -0.05) is 32.0 Å². The van der Waals surface area contributed by atoms with Gasteiger partial charge in [-0.05, 0) is 43.5 Å². The van der Waals surface area contributed by atoms with Crippen LogP contribution in [0.5, 0.6) is 0 Å². The van der Waals surface area contributed by atoms with Gasteiger partial charge in [-0.15, -0.1) is 0 Å². The molecule has 0 saturated heterocycles. The molecule has 0 saturated carbocycles. The molecule has 96 valence electrons. The topological polar surface area (TPSA) is 21.3 Å². The van der Waals surface area contributed by atoms with Crippen molar-refractivity contribution in [2.24, 2.45) is 0 Å². The number of aryl methyl sites for hydroxylation is 2. The summed E-state index contributed by atoms with van der Waals surface area (Å²) in [5.74, 6) is 0. The molecule has 0 unspecified atom stereocenters. The number of rotatable bonds is 7. The Hall–Kier alpha value is -0.860. The second-order valence-electron chi connectivity index (χ2n) is 4.89. The van der Waals surface area contributed by atoms with Gasteiger partial charge in [-0.3, -0.25) is 0 Å². The van der Waals surface area contributed by atoms with E-state index in [1.54, 1.807) is 0 Å². The first-order valence-electron chi connectivity index (χ1n) is 6.47. The average molecular weight is 235 g/mol. The van der Waals surface area contributed by atoms with Crippen LogP contribution in [0.15, 0.2) is 18.2 Å². The fraction of sp³-hybridized carbons (Fsp3) is 0.600. The number of ether oxygens (including phenoxy) is 1. The van der Waals surface area contributed by atoms with Crippen LogP contribution in [0.1, 0.15) is 37.0 Å².